The van der Waals surface area contributed by atoms with Gasteiger partial charge in [0, 0.05) is 10.0 Å². The number of amides is 1. The Morgan fingerprint density at radius 2 is 1.94 bits per heavy atom. The number of furan rings is 1. The Morgan fingerprint density at radius 1 is 1.15 bits per heavy atom. The topological polar surface area (TPSA) is 91.2 Å². The van der Waals surface area contributed by atoms with Crippen LogP contribution >= 0.6 is 27.7 Å². The lowest BCUT2D eigenvalue weighted by Crippen LogP contribution is -2.35. The van der Waals surface area contributed by atoms with E-state index in [1.165, 1.54) is 22.8 Å². The first-order chi connectivity index (χ1) is 16.0. The molecule has 0 spiro atoms. The highest BCUT2D eigenvalue weighted by Crippen LogP contribution is 2.30. The summed E-state index contributed by atoms with van der Waals surface area (Å²) in [4.78, 5) is 16.7. The summed E-state index contributed by atoms with van der Waals surface area (Å²) < 4.78 is 12.7. The number of carbonyl (C=O) groups is 1. The Morgan fingerprint density at radius 3 is 2.73 bits per heavy atom. The van der Waals surface area contributed by atoms with Crippen molar-refractivity contribution in [1.82, 2.24) is 5.01 Å². The molecule has 0 fully saturated rings. The fourth-order valence-electron chi connectivity index (χ4n) is 3.29. The average molecular weight is 521 g/mol. The number of hydrogen-bond acceptors (Lipinski definition) is 6. The maximum absolute atomic E-state index is 12.6. The molecular formula is C24H17BrN4O3S. The third-order valence-corrected chi connectivity index (χ3v) is 6.39. The number of aliphatic imine (C=N–C) groups is 1. The molecular weight excluding hydrogens is 504 g/mol. The fraction of sp³-hybridized carbons (Fsp3) is 0.0833. The lowest BCUT2D eigenvalue weighted by Gasteiger charge is -2.19. The third-order valence-electron chi connectivity index (χ3n) is 4.98. The van der Waals surface area contributed by atoms with E-state index in [0.717, 1.165) is 21.3 Å². The van der Waals surface area contributed by atoms with Gasteiger partial charge in [0.2, 0.25) is 5.17 Å². The van der Waals surface area contributed by atoms with Crippen molar-refractivity contribution in [3.8, 4) is 17.1 Å². The van der Waals surface area contributed by atoms with E-state index in [0.29, 0.717) is 21.7 Å². The van der Waals surface area contributed by atoms with Crippen LogP contribution in [0.25, 0.3) is 17.4 Å². The van der Waals surface area contributed by atoms with E-state index in [1.54, 1.807) is 6.07 Å². The van der Waals surface area contributed by atoms with Gasteiger partial charge in [0.1, 0.15) is 28.9 Å². The molecule has 1 amide bonds. The molecule has 3 heterocycles. The van der Waals surface area contributed by atoms with Gasteiger partial charge < -0.3 is 9.15 Å². The number of thioether (sulfide) groups is 1. The molecule has 0 unspecified atom stereocenters. The average Bonchev–Trinajstić information content (AvgIpc) is 3.44. The SMILES string of the molecule is Cc1ccccc1OCC1=NN2C(=N)/C(=C/c3ccc(-c4ccc(Br)cc4)o3)C(=O)N=C2S1. The number of nitrogens with zero attached hydrogens (tertiary/aromatic N) is 3. The number of carbonyl (C=O) groups excluding carboxylic acids is 1. The molecule has 164 valence electrons. The van der Waals surface area contributed by atoms with E-state index in [4.69, 9.17) is 14.6 Å². The van der Waals surface area contributed by atoms with Gasteiger partial charge in [-0.05, 0) is 60.7 Å². The zero-order valence-corrected chi connectivity index (χ0v) is 19.8. The van der Waals surface area contributed by atoms with E-state index in [1.807, 2.05) is 61.5 Å². The second kappa shape index (κ2) is 8.84. The highest BCUT2D eigenvalue weighted by Gasteiger charge is 2.36. The van der Waals surface area contributed by atoms with Gasteiger partial charge in [0.15, 0.2) is 5.84 Å². The Kier molecular flexibility index (Phi) is 5.74. The number of hydrogen-bond donors (Lipinski definition) is 1. The van der Waals surface area contributed by atoms with Crippen LogP contribution in [0.1, 0.15) is 11.3 Å². The number of hydrazone groups is 1. The van der Waals surface area contributed by atoms with Crippen LogP contribution in [0.5, 0.6) is 5.75 Å². The zero-order valence-electron chi connectivity index (χ0n) is 17.4. The number of aryl methyl sites for hydroxylation is 1. The van der Waals surface area contributed by atoms with Crippen molar-refractivity contribution >= 4 is 55.7 Å². The number of para-hydroxylation sites is 1. The molecule has 2 aromatic carbocycles. The molecule has 0 saturated heterocycles. The summed E-state index contributed by atoms with van der Waals surface area (Å²) in [5, 5.41) is 15.3. The Balaban J connectivity index is 1.34. The first-order valence-corrected chi connectivity index (χ1v) is 11.6. The van der Waals surface area contributed by atoms with Gasteiger partial charge in [-0.1, -0.05) is 46.3 Å². The molecule has 0 radical (unpaired) electrons. The van der Waals surface area contributed by atoms with E-state index in [9.17, 15) is 4.79 Å². The first kappa shape index (κ1) is 21.4. The molecule has 5 rings (SSSR count). The predicted molar refractivity (Wildman–Crippen MR) is 134 cm³/mol. The Bertz CT molecular complexity index is 1360. The number of halogens is 1. The van der Waals surface area contributed by atoms with Crippen LogP contribution in [-0.2, 0) is 4.79 Å². The summed E-state index contributed by atoms with van der Waals surface area (Å²) >= 11 is 4.64. The van der Waals surface area contributed by atoms with E-state index >= 15 is 0 Å². The summed E-state index contributed by atoms with van der Waals surface area (Å²) in [6.07, 6.45) is 1.52. The summed E-state index contributed by atoms with van der Waals surface area (Å²) in [5.41, 5.74) is 2.04. The minimum atomic E-state index is -0.503. The molecule has 9 heteroatoms. The fourth-order valence-corrected chi connectivity index (χ4v) is 4.35. The molecule has 3 aromatic rings. The van der Waals surface area contributed by atoms with Crippen molar-refractivity contribution in [2.75, 3.05) is 6.61 Å². The second-order valence-electron chi connectivity index (χ2n) is 7.28. The van der Waals surface area contributed by atoms with E-state index < -0.39 is 5.91 Å². The zero-order chi connectivity index (χ0) is 22.9. The van der Waals surface area contributed by atoms with Gasteiger partial charge in [-0.2, -0.15) is 15.1 Å². The molecule has 0 saturated carbocycles. The molecule has 2 aliphatic rings. The summed E-state index contributed by atoms with van der Waals surface area (Å²) in [6.45, 7) is 2.19. The molecule has 0 aliphatic carbocycles. The molecule has 1 N–H and O–H groups in total. The number of nitrogens with one attached hydrogen (secondary N) is 1. The largest absolute Gasteiger partial charge is 0.486 e. The highest BCUT2D eigenvalue weighted by molar-refractivity contribution is 9.10. The van der Waals surface area contributed by atoms with Crippen molar-refractivity contribution in [1.29, 1.82) is 5.41 Å². The lowest BCUT2D eigenvalue weighted by atomic mass is 10.1. The molecule has 1 aromatic heterocycles. The van der Waals surface area contributed by atoms with Crippen LogP contribution in [0.3, 0.4) is 0 Å². The van der Waals surface area contributed by atoms with Crippen LogP contribution in [0.2, 0.25) is 0 Å². The molecule has 2 aliphatic heterocycles. The Labute approximate surface area is 202 Å². The van der Waals surface area contributed by atoms with Crippen molar-refractivity contribution in [2.24, 2.45) is 10.1 Å². The first-order valence-electron chi connectivity index (χ1n) is 10.0. The van der Waals surface area contributed by atoms with Crippen LogP contribution in [0.4, 0.5) is 0 Å². The highest BCUT2D eigenvalue weighted by atomic mass is 79.9. The van der Waals surface area contributed by atoms with Gasteiger partial charge in [0.05, 0.1) is 5.57 Å². The van der Waals surface area contributed by atoms with E-state index in [-0.39, 0.29) is 18.0 Å². The number of rotatable bonds is 5. The summed E-state index contributed by atoms with van der Waals surface area (Å²) in [5.74, 6) is 1.33. The Hall–Kier alpha value is -3.43. The van der Waals surface area contributed by atoms with Crippen LogP contribution < -0.4 is 4.74 Å². The van der Waals surface area contributed by atoms with Crippen molar-refractivity contribution < 1.29 is 13.9 Å². The monoisotopic (exact) mass is 520 g/mol. The smallest absolute Gasteiger partial charge is 0.283 e. The van der Waals surface area contributed by atoms with Gasteiger partial charge >= 0.3 is 0 Å². The third kappa shape index (κ3) is 4.42. The molecule has 0 bridgehead atoms. The lowest BCUT2D eigenvalue weighted by molar-refractivity contribution is -0.114. The van der Waals surface area contributed by atoms with Gasteiger partial charge in [-0.25, -0.2) is 0 Å². The van der Waals surface area contributed by atoms with Crippen molar-refractivity contribution in [3.63, 3.8) is 0 Å². The normalized spacial score (nSPS) is 16.7. The maximum Gasteiger partial charge on any atom is 0.283 e. The van der Waals surface area contributed by atoms with E-state index in [2.05, 4.69) is 26.0 Å². The minimum absolute atomic E-state index is 0.0509. The molecule has 7 nitrogen and oxygen atoms in total. The van der Waals surface area contributed by atoms with Gasteiger partial charge in [-0.15, -0.1) is 0 Å². The van der Waals surface area contributed by atoms with Crippen LogP contribution in [0.15, 0.2) is 85.2 Å². The van der Waals surface area contributed by atoms with Gasteiger partial charge in [-0.3, -0.25) is 10.2 Å². The standard InChI is InChI=1S/C24H17BrN4O3S/c1-14-4-2-3-5-19(14)31-13-21-28-29-22(26)18(23(30)27-24(29)33-21)12-17-10-11-20(32-17)15-6-8-16(25)9-7-15/h2-12,26H,13H2,1H3/b18-12-,26-22?. The van der Waals surface area contributed by atoms with Crippen LogP contribution in [0, 0.1) is 12.3 Å². The molecule has 33 heavy (non-hydrogen) atoms. The number of ether oxygens (including phenoxy) is 1. The number of amidine groups is 2. The maximum atomic E-state index is 12.6. The molecule has 0 atom stereocenters. The number of benzene rings is 2. The van der Waals surface area contributed by atoms with Crippen LogP contribution in [-0.4, -0.2) is 33.6 Å². The van der Waals surface area contributed by atoms with Crippen molar-refractivity contribution in [2.45, 2.75) is 6.92 Å². The van der Waals surface area contributed by atoms with Crippen molar-refractivity contribution in [3.05, 3.63) is 82.0 Å². The number of fused-ring (bicyclic) bond motifs is 1. The minimum Gasteiger partial charge on any atom is -0.486 e. The second-order valence-corrected chi connectivity index (χ2v) is 9.23. The van der Waals surface area contributed by atoms with Gasteiger partial charge in [0.25, 0.3) is 5.91 Å². The predicted octanol–water partition coefficient (Wildman–Crippen LogP) is 5.72. The summed E-state index contributed by atoms with van der Waals surface area (Å²) in [6, 6.07) is 19.0. The summed E-state index contributed by atoms with van der Waals surface area (Å²) in [7, 11) is 0. The quantitative estimate of drug-likeness (QED) is 0.434.